The van der Waals surface area contributed by atoms with Crippen molar-refractivity contribution in [3.63, 3.8) is 0 Å². The van der Waals surface area contributed by atoms with Crippen LogP contribution >= 0.6 is 0 Å². The van der Waals surface area contributed by atoms with Crippen LogP contribution in [0.1, 0.15) is 38.2 Å². The number of aryl methyl sites for hydroxylation is 1. The molecule has 1 heterocycles. The number of aromatic nitrogens is 2. The minimum absolute atomic E-state index is 0.259. The second-order valence-electron chi connectivity index (χ2n) is 3.41. The Kier molecular flexibility index (Phi) is 4.16. The summed E-state index contributed by atoms with van der Waals surface area (Å²) >= 11 is 0. The standard InChI is InChI=1S/C10H16N2O2/c1-2-3-4-5-6-8-7-11-10(14)12-9(8)13/h7H,2-6H2,1H3,(H2,11,12,13,14). The molecule has 0 radical (unpaired) electrons. The molecule has 4 heteroatoms. The van der Waals surface area contributed by atoms with Crippen LogP contribution in [0.4, 0.5) is 0 Å². The summed E-state index contributed by atoms with van der Waals surface area (Å²) in [7, 11) is 0. The van der Waals surface area contributed by atoms with Crippen molar-refractivity contribution in [3.05, 3.63) is 32.6 Å². The van der Waals surface area contributed by atoms with Crippen LogP contribution in [0.5, 0.6) is 0 Å². The molecule has 0 aromatic carbocycles. The Morgan fingerprint density at radius 1 is 1.21 bits per heavy atom. The molecule has 0 aliphatic heterocycles. The van der Waals surface area contributed by atoms with Crippen LogP contribution in [0.2, 0.25) is 0 Å². The van der Waals surface area contributed by atoms with Crippen molar-refractivity contribution in [2.24, 2.45) is 0 Å². The number of unbranched alkanes of at least 4 members (excludes halogenated alkanes) is 3. The van der Waals surface area contributed by atoms with Crippen molar-refractivity contribution < 1.29 is 0 Å². The second kappa shape index (κ2) is 5.42. The molecular weight excluding hydrogens is 180 g/mol. The summed E-state index contributed by atoms with van der Waals surface area (Å²) < 4.78 is 0. The third-order valence-electron chi connectivity index (χ3n) is 2.20. The summed E-state index contributed by atoms with van der Waals surface area (Å²) in [6.45, 7) is 2.15. The van der Waals surface area contributed by atoms with Crippen molar-refractivity contribution in [1.82, 2.24) is 9.97 Å². The fraction of sp³-hybridized carbons (Fsp3) is 0.600. The van der Waals surface area contributed by atoms with Crippen molar-refractivity contribution in [1.29, 1.82) is 0 Å². The number of H-pyrrole nitrogens is 2. The van der Waals surface area contributed by atoms with Crippen LogP contribution in [-0.2, 0) is 6.42 Å². The summed E-state index contributed by atoms with van der Waals surface area (Å²) in [5.41, 5.74) is -0.0294. The zero-order valence-corrected chi connectivity index (χ0v) is 8.43. The van der Waals surface area contributed by atoms with Gasteiger partial charge in [-0.25, -0.2) is 4.79 Å². The first-order valence-corrected chi connectivity index (χ1v) is 5.05. The van der Waals surface area contributed by atoms with E-state index in [4.69, 9.17) is 0 Å². The molecule has 0 bridgehead atoms. The fourth-order valence-corrected chi connectivity index (χ4v) is 1.37. The predicted molar refractivity (Wildman–Crippen MR) is 55.5 cm³/mol. The van der Waals surface area contributed by atoms with Gasteiger partial charge in [-0.1, -0.05) is 26.2 Å². The normalized spacial score (nSPS) is 10.4. The van der Waals surface area contributed by atoms with Crippen LogP contribution in [0, 0.1) is 0 Å². The van der Waals surface area contributed by atoms with Gasteiger partial charge in [-0.15, -0.1) is 0 Å². The van der Waals surface area contributed by atoms with E-state index >= 15 is 0 Å². The maximum atomic E-state index is 11.2. The minimum Gasteiger partial charge on any atom is -0.314 e. The topological polar surface area (TPSA) is 65.7 Å². The lowest BCUT2D eigenvalue weighted by Gasteiger charge is -1.98. The molecule has 0 aliphatic rings. The van der Waals surface area contributed by atoms with Gasteiger partial charge in [0.25, 0.3) is 5.56 Å². The van der Waals surface area contributed by atoms with Gasteiger partial charge >= 0.3 is 5.69 Å². The Morgan fingerprint density at radius 3 is 2.64 bits per heavy atom. The monoisotopic (exact) mass is 196 g/mol. The van der Waals surface area contributed by atoms with E-state index in [-0.39, 0.29) is 5.56 Å². The smallest absolute Gasteiger partial charge is 0.314 e. The molecule has 0 aliphatic carbocycles. The Labute approximate surface area is 82.4 Å². The molecule has 14 heavy (non-hydrogen) atoms. The first-order chi connectivity index (χ1) is 6.74. The molecular formula is C10H16N2O2. The zero-order chi connectivity index (χ0) is 10.4. The van der Waals surface area contributed by atoms with Gasteiger partial charge in [0.15, 0.2) is 0 Å². The Hall–Kier alpha value is -1.32. The van der Waals surface area contributed by atoms with Crippen molar-refractivity contribution in [3.8, 4) is 0 Å². The van der Waals surface area contributed by atoms with Crippen LogP contribution < -0.4 is 11.2 Å². The Bertz CT molecular complexity index is 378. The van der Waals surface area contributed by atoms with E-state index in [2.05, 4.69) is 16.9 Å². The molecule has 0 atom stereocenters. The molecule has 1 aromatic heterocycles. The highest BCUT2D eigenvalue weighted by Gasteiger charge is 1.99. The van der Waals surface area contributed by atoms with Crippen molar-refractivity contribution in [2.45, 2.75) is 39.0 Å². The summed E-state index contributed by atoms with van der Waals surface area (Å²) in [5.74, 6) is 0. The van der Waals surface area contributed by atoms with E-state index < -0.39 is 5.69 Å². The largest absolute Gasteiger partial charge is 0.325 e. The number of nitrogens with one attached hydrogen (secondary N) is 2. The molecule has 1 aromatic rings. The van der Waals surface area contributed by atoms with Crippen LogP contribution in [-0.4, -0.2) is 9.97 Å². The Morgan fingerprint density at radius 2 is 2.00 bits per heavy atom. The van der Waals surface area contributed by atoms with Gasteiger partial charge in [0.05, 0.1) is 0 Å². The zero-order valence-electron chi connectivity index (χ0n) is 8.43. The van der Waals surface area contributed by atoms with Crippen molar-refractivity contribution in [2.75, 3.05) is 0 Å². The van der Waals surface area contributed by atoms with E-state index in [0.29, 0.717) is 5.56 Å². The van der Waals surface area contributed by atoms with E-state index in [1.165, 1.54) is 19.0 Å². The van der Waals surface area contributed by atoms with Gasteiger partial charge < -0.3 is 4.98 Å². The first kappa shape index (κ1) is 10.8. The summed E-state index contributed by atoms with van der Waals surface area (Å²) in [6, 6.07) is 0. The van der Waals surface area contributed by atoms with Gasteiger partial charge in [-0.2, -0.15) is 0 Å². The third kappa shape index (κ3) is 3.20. The molecule has 0 saturated heterocycles. The molecule has 0 unspecified atom stereocenters. The molecule has 0 spiro atoms. The van der Waals surface area contributed by atoms with Gasteiger partial charge in [-0.05, 0) is 12.8 Å². The van der Waals surface area contributed by atoms with Gasteiger partial charge in [0, 0.05) is 11.8 Å². The van der Waals surface area contributed by atoms with Crippen LogP contribution in [0.25, 0.3) is 0 Å². The third-order valence-corrected chi connectivity index (χ3v) is 2.20. The number of hydrogen-bond donors (Lipinski definition) is 2. The lowest BCUT2D eigenvalue weighted by atomic mass is 10.1. The molecule has 0 saturated carbocycles. The minimum atomic E-state index is -0.438. The van der Waals surface area contributed by atoms with E-state index in [0.717, 1.165) is 19.3 Å². The predicted octanol–water partition coefficient (Wildman–Crippen LogP) is 1.19. The fourth-order valence-electron chi connectivity index (χ4n) is 1.37. The number of hydrogen-bond acceptors (Lipinski definition) is 2. The summed E-state index contributed by atoms with van der Waals surface area (Å²) in [5, 5.41) is 0. The summed E-state index contributed by atoms with van der Waals surface area (Å²) in [4.78, 5) is 26.6. The lowest BCUT2D eigenvalue weighted by molar-refractivity contribution is 0.662. The maximum Gasteiger partial charge on any atom is 0.325 e. The Balaban J connectivity index is 2.51. The first-order valence-electron chi connectivity index (χ1n) is 5.05. The summed E-state index contributed by atoms with van der Waals surface area (Å²) in [6.07, 6.45) is 6.76. The highest BCUT2D eigenvalue weighted by Crippen LogP contribution is 2.02. The molecule has 0 amide bonds. The van der Waals surface area contributed by atoms with E-state index in [9.17, 15) is 9.59 Å². The lowest BCUT2D eigenvalue weighted by Crippen LogP contribution is -2.24. The number of aromatic amines is 2. The maximum absolute atomic E-state index is 11.2. The molecule has 78 valence electrons. The average molecular weight is 196 g/mol. The van der Waals surface area contributed by atoms with Gasteiger partial charge in [0.2, 0.25) is 0 Å². The highest BCUT2D eigenvalue weighted by molar-refractivity contribution is 5.02. The van der Waals surface area contributed by atoms with Crippen LogP contribution in [0.3, 0.4) is 0 Å². The van der Waals surface area contributed by atoms with Crippen molar-refractivity contribution >= 4 is 0 Å². The quantitative estimate of drug-likeness (QED) is 0.694. The molecule has 1 rings (SSSR count). The van der Waals surface area contributed by atoms with Crippen LogP contribution in [0.15, 0.2) is 15.8 Å². The second-order valence-corrected chi connectivity index (χ2v) is 3.41. The van der Waals surface area contributed by atoms with Gasteiger partial charge in [-0.3, -0.25) is 9.78 Å². The molecule has 2 N–H and O–H groups in total. The van der Waals surface area contributed by atoms with E-state index in [1.807, 2.05) is 0 Å². The highest BCUT2D eigenvalue weighted by atomic mass is 16.2. The average Bonchev–Trinajstić information content (AvgIpc) is 2.15. The molecule has 4 nitrogen and oxygen atoms in total. The number of rotatable bonds is 5. The van der Waals surface area contributed by atoms with Gasteiger partial charge in [0.1, 0.15) is 0 Å². The van der Waals surface area contributed by atoms with E-state index in [1.54, 1.807) is 0 Å². The molecule has 0 fully saturated rings. The SMILES string of the molecule is CCCCCCc1c[nH]c(=O)[nH]c1=O.